The molecule has 1 aliphatic heterocycles. The quantitative estimate of drug-likeness (QED) is 0.665. The maximum Gasteiger partial charge on any atom is 0.0596 e. The molecule has 0 aliphatic carbocycles. The van der Waals surface area contributed by atoms with Crippen LogP contribution in [0.1, 0.15) is 24.4 Å². The van der Waals surface area contributed by atoms with Gasteiger partial charge in [0.2, 0.25) is 0 Å². The van der Waals surface area contributed by atoms with Gasteiger partial charge in [-0.1, -0.05) is 23.7 Å². The van der Waals surface area contributed by atoms with Gasteiger partial charge in [-0.05, 0) is 46.3 Å². The van der Waals surface area contributed by atoms with Gasteiger partial charge in [0.15, 0.2) is 0 Å². The van der Waals surface area contributed by atoms with E-state index < -0.39 is 0 Å². The van der Waals surface area contributed by atoms with Gasteiger partial charge in [0.1, 0.15) is 0 Å². The van der Waals surface area contributed by atoms with Gasteiger partial charge in [-0.2, -0.15) is 0 Å². The summed E-state index contributed by atoms with van der Waals surface area (Å²) in [5.74, 6) is 6.16. The van der Waals surface area contributed by atoms with Crippen molar-refractivity contribution in [2.45, 2.75) is 18.9 Å². The first-order chi connectivity index (χ1) is 8.24. The van der Waals surface area contributed by atoms with Crippen LogP contribution in [-0.4, -0.2) is 13.2 Å². The fraction of sp³-hybridized carbons (Fsp3) is 0.500. The molecule has 1 aliphatic rings. The van der Waals surface area contributed by atoms with Crippen molar-refractivity contribution in [3.05, 3.63) is 33.3 Å². The summed E-state index contributed by atoms with van der Waals surface area (Å²) in [6.45, 7) is 1.60. The number of rotatable bonds is 3. The molecule has 1 heterocycles. The predicted molar refractivity (Wildman–Crippen MR) is 72.8 cm³/mol. The number of halogens is 2. The van der Waals surface area contributed by atoms with Crippen molar-refractivity contribution in [1.29, 1.82) is 0 Å². The van der Waals surface area contributed by atoms with E-state index in [1.807, 2.05) is 18.2 Å². The summed E-state index contributed by atoms with van der Waals surface area (Å²) in [7, 11) is 0. The number of hydrazine groups is 1. The minimum Gasteiger partial charge on any atom is -0.381 e. The molecule has 0 saturated carbocycles. The lowest BCUT2D eigenvalue weighted by Gasteiger charge is -2.30. The molecule has 1 unspecified atom stereocenters. The average Bonchev–Trinajstić information content (AvgIpc) is 2.37. The van der Waals surface area contributed by atoms with Crippen LogP contribution in [-0.2, 0) is 4.74 Å². The third kappa shape index (κ3) is 3.01. The highest BCUT2D eigenvalue weighted by atomic mass is 79.9. The first-order valence-corrected chi connectivity index (χ1v) is 6.89. The Morgan fingerprint density at radius 2 is 2.12 bits per heavy atom. The van der Waals surface area contributed by atoms with Crippen molar-refractivity contribution in [2.75, 3.05) is 13.2 Å². The van der Waals surface area contributed by atoms with Crippen LogP contribution in [0.15, 0.2) is 22.7 Å². The van der Waals surface area contributed by atoms with Crippen LogP contribution >= 0.6 is 27.5 Å². The smallest absolute Gasteiger partial charge is 0.0596 e. The lowest BCUT2D eigenvalue weighted by Crippen LogP contribution is -2.36. The van der Waals surface area contributed by atoms with Gasteiger partial charge >= 0.3 is 0 Å². The summed E-state index contributed by atoms with van der Waals surface area (Å²) in [5, 5.41) is 0.738. The first kappa shape index (κ1) is 13.3. The molecule has 0 amide bonds. The Morgan fingerprint density at radius 1 is 1.41 bits per heavy atom. The van der Waals surface area contributed by atoms with Crippen LogP contribution in [0, 0.1) is 5.92 Å². The van der Waals surface area contributed by atoms with Crippen LogP contribution in [0.2, 0.25) is 5.02 Å². The molecule has 3 nitrogen and oxygen atoms in total. The summed E-state index contributed by atoms with van der Waals surface area (Å²) >= 11 is 9.75. The maximum atomic E-state index is 6.31. The molecular formula is C12H16BrClN2O. The number of hydrogen-bond acceptors (Lipinski definition) is 3. The van der Waals surface area contributed by atoms with Gasteiger partial charge in [0.25, 0.3) is 0 Å². The lowest BCUT2D eigenvalue weighted by atomic mass is 9.87. The van der Waals surface area contributed by atoms with Gasteiger partial charge in [-0.3, -0.25) is 11.3 Å². The van der Waals surface area contributed by atoms with Crippen molar-refractivity contribution < 1.29 is 4.74 Å². The van der Waals surface area contributed by atoms with Gasteiger partial charge in [0, 0.05) is 17.7 Å². The number of ether oxygens (including phenoxy) is 1. The maximum absolute atomic E-state index is 6.31. The second-order valence-corrected chi connectivity index (χ2v) is 5.47. The van der Waals surface area contributed by atoms with Crippen molar-refractivity contribution in [1.82, 2.24) is 5.43 Å². The van der Waals surface area contributed by atoms with E-state index in [1.165, 1.54) is 0 Å². The Kier molecular flexibility index (Phi) is 4.82. The number of nitrogens with one attached hydrogen (secondary N) is 1. The van der Waals surface area contributed by atoms with E-state index in [4.69, 9.17) is 22.2 Å². The van der Waals surface area contributed by atoms with Gasteiger partial charge in [0.05, 0.1) is 11.1 Å². The Hall–Kier alpha value is -0.130. The first-order valence-electron chi connectivity index (χ1n) is 5.72. The molecule has 5 heteroatoms. The highest BCUT2D eigenvalue weighted by Gasteiger charge is 2.26. The minimum atomic E-state index is 0.0869. The second-order valence-electron chi connectivity index (χ2n) is 4.24. The molecule has 0 bridgehead atoms. The Balaban J connectivity index is 2.24. The lowest BCUT2D eigenvalue weighted by molar-refractivity contribution is 0.0536. The molecule has 1 fully saturated rings. The Bertz CT molecular complexity index is 383. The molecule has 1 aromatic rings. The van der Waals surface area contributed by atoms with Crippen LogP contribution in [0.4, 0.5) is 0 Å². The Morgan fingerprint density at radius 3 is 2.76 bits per heavy atom. The SMILES string of the molecule is NNC(c1cccc(Br)c1Cl)C1CCOCC1. The van der Waals surface area contributed by atoms with Crippen molar-refractivity contribution in [2.24, 2.45) is 11.8 Å². The standard InChI is InChI=1S/C12H16BrClN2O/c13-10-3-1-2-9(11(10)14)12(16-15)8-4-6-17-7-5-8/h1-3,8,12,16H,4-7,15H2. The normalized spacial score (nSPS) is 19.2. The van der Waals surface area contributed by atoms with E-state index >= 15 is 0 Å². The number of hydrogen-bond donors (Lipinski definition) is 2. The van der Waals surface area contributed by atoms with Gasteiger partial charge in [-0.25, -0.2) is 0 Å². The molecule has 2 rings (SSSR count). The van der Waals surface area contributed by atoms with E-state index in [0.717, 1.165) is 41.1 Å². The van der Waals surface area contributed by atoms with E-state index in [1.54, 1.807) is 0 Å². The zero-order chi connectivity index (χ0) is 12.3. The van der Waals surface area contributed by atoms with E-state index in [9.17, 15) is 0 Å². The van der Waals surface area contributed by atoms with Gasteiger partial charge in [-0.15, -0.1) is 0 Å². The largest absolute Gasteiger partial charge is 0.381 e. The summed E-state index contributed by atoms with van der Waals surface area (Å²) in [6, 6.07) is 6.02. The van der Waals surface area contributed by atoms with Crippen LogP contribution in [0.5, 0.6) is 0 Å². The molecule has 0 spiro atoms. The third-order valence-electron chi connectivity index (χ3n) is 3.23. The zero-order valence-electron chi connectivity index (χ0n) is 9.46. The van der Waals surface area contributed by atoms with Crippen molar-refractivity contribution in [3.8, 4) is 0 Å². The number of nitrogens with two attached hydrogens (primary N) is 1. The van der Waals surface area contributed by atoms with E-state index in [2.05, 4.69) is 21.4 Å². The van der Waals surface area contributed by atoms with Crippen molar-refractivity contribution >= 4 is 27.5 Å². The fourth-order valence-electron chi connectivity index (χ4n) is 2.29. The molecule has 1 atom stereocenters. The summed E-state index contributed by atoms with van der Waals surface area (Å²) in [6.07, 6.45) is 2.02. The molecule has 17 heavy (non-hydrogen) atoms. The summed E-state index contributed by atoms with van der Waals surface area (Å²) in [4.78, 5) is 0. The van der Waals surface area contributed by atoms with Crippen LogP contribution < -0.4 is 11.3 Å². The third-order valence-corrected chi connectivity index (χ3v) is 4.54. The summed E-state index contributed by atoms with van der Waals surface area (Å²) < 4.78 is 6.28. The molecule has 94 valence electrons. The average molecular weight is 320 g/mol. The molecule has 1 aromatic carbocycles. The Labute approximate surface area is 115 Å². The van der Waals surface area contributed by atoms with Crippen LogP contribution in [0.25, 0.3) is 0 Å². The van der Waals surface area contributed by atoms with Gasteiger partial charge < -0.3 is 4.74 Å². The highest BCUT2D eigenvalue weighted by Crippen LogP contribution is 2.36. The number of benzene rings is 1. The minimum absolute atomic E-state index is 0.0869. The van der Waals surface area contributed by atoms with Crippen molar-refractivity contribution in [3.63, 3.8) is 0 Å². The fourth-order valence-corrected chi connectivity index (χ4v) is 2.91. The second kappa shape index (κ2) is 6.16. The molecular weight excluding hydrogens is 304 g/mol. The summed E-state index contributed by atoms with van der Waals surface area (Å²) in [5.41, 5.74) is 3.95. The highest BCUT2D eigenvalue weighted by molar-refractivity contribution is 9.10. The molecule has 0 aromatic heterocycles. The molecule has 1 saturated heterocycles. The van der Waals surface area contributed by atoms with E-state index in [-0.39, 0.29) is 6.04 Å². The van der Waals surface area contributed by atoms with Crippen LogP contribution in [0.3, 0.4) is 0 Å². The van der Waals surface area contributed by atoms with E-state index in [0.29, 0.717) is 5.92 Å². The zero-order valence-corrected chi connectivity index (χ0v) is 11.8. The predicted octanol–water partition coefficient (Wildman–Crippen LogP) is 3.03. The molecule has 3 N–H and O–H groups in total. The monoisotopic (exact) mass is 318 g/mol. The topological polar surface area (TPSA) is 47.3 Å². The molecule has 0 radical (unpaired) electrons.